The normalized spacial score (nSPS) is 12.5. The molecule has 142 valence electrons. The Morgan fingerprint density at radius 1 is 0.893 bits per heavy atom. The molecule has 0 unspecified atom stereocenters. The number of carbonyl (C=O) groups is 1. The Morgan fingerprint density at radius 2 is 1.57 bits per heavy atom. The second-order valence-electron chi connectivity index (χ2n) is 6.58. The fraction of sp³-hybridized carbons (Fsp3) is 0.174. The van der Waals surface area contributed by atoms with Crippen LogP contribution in [0.3, 0.4) is 0 Å². The van der Waals surface area contributed by atoms with Crippen molar-refractivity contribution in [2.24, 2.45) is 0 Å². The van der Waals surface area contributed by atoms with Crippen LogP contribution in [0.1, 0.15) is 11.1 Å². The molecule has 1 aliphatic rings. The smallest absolute Gasteiger partial charge is 0.231 e. The van der Waals surface area contributed by atoms with Gasteiger partial charge < -0.3 is 14.4 Å². The third kappa shape index (κ3) is 4.12. The van der Waals surface area contributed by atoms with Crippen molar-refractivity contribution in [3.05, 3.63) is 88.9 Å². The van der Waals surface area contributed by atoms with Crippen molar-refractivity contribution in [3.8, 4) is 11.5 Å². The lowest BCUT2D eigenvalue weighted by molar-refractivity contribution is -0.118. The van der Waals surface area contributed by atoms with Crippen molar-refractivity contribution in [2.75, 3.05) is 18.1 Å². The molecule has 3 aromatic carbocycles. The van der Waals surface area contributed by atoms with Crippen LogP contribution in [0.4, 0.5) is 5.69 Å². The minimum atomic E-state index is -0.0113. The van der Waals surface area contributed by atoms with Gasteiger partial charge in [0.25, 0.3) is 0 Å². The molecule has 1 heterocycles. The summed E-state index contributed by atoms with van der Waals surface area (Å²) in [6.07, 6.45) is 0.220. The molecule has 0 spiro atoms. The number of hydrogen-bond donors (Lipinski definition) is 0. The number of para-hydroxylation sites is 1. The Hall–Kier alpha value is -2.98. The summed E-state index contributed by atoms with van der Waals surface area (Å²) < 4.78 is 11.2. The predicted molar refractivity (Wildman–Crippen MR) is 110 cm³/mol. The van der Waals surface area contributed by atoms with Gasteiger partial charge in [-0.05, 0) is 35.4 Å². The predicted octanol–water partition coefficient (Wildman–Crippen LogP) is 4.89. The first kappa shape index (κ1) is 18.4. The lowest BCUT2D eigenvalue weighted by Gasteiger charge is -2.24. The first-order chi connectivity index (χ1) is 13.7. The maximum Gasteiger partial charge on any atom is 0.231 e. The van der Waals surface area contributed by atoms with Gasteiger partial charge in [-0.3, -0.25) is 4.79 Å². The van der Waals surface area contributed by atoms with Crippen molar-refractivity contribution < 1.29 is 14.3 Å². The van der Waals surface area contributed by atoms with Gasteiger partial charge in [-0.15, -0.1) is 0 Å². The molecule has 4 rings (SSSR count). The zero-order chi connectivity index (χ0) is 19.3. The van der Waals surface area contributed by atoms with Crippen LogP contribution in [0.15, 0.2) is 72.8 Å². The molecule has 0 aromatic heterocycles. The number of anilines is 1. The van der Waals surface area contributed by atoms with E-state index in [-0.39, 0.29) is 12.3 Å². The van der Waals surface area contributed by atoms with E-state index >= 15 is 0 Å². The molecule has 0 atom stereocenters. The van der Waals surface area contributed by atoms with Crippen molar-refractivity contribution in [2.45, 2.75) is 13.0 Å². The van der Waals surface area contributed by atoms with E-state index in [2.05, 4.69) is 0 Å². The van der Waals surface area contributed by atoms with E-state index in [0.717, 1.165) is 16.8 Å². The number of rotatable bonds is 5. The van der Waals surface area contributed by atoms with Crippen molar-refractivity contribution in [1.29, 1.82) is 0 Å². The fourth-order valence-corrected chi connectivity index (χ4v) is 3.52. The monoisotopic (exact) mass is 393 g/mol. The molecule has 28 heavy (non-hydrogen) atoms. The molecule has 0 radical (unpaired) electrons. The van der Waals surface area contributed by atoms with Gasteiger partial charge in [-0.1, -0.05) is 60.1 Å². The van der Waals surface area contributed by atoms with Gasteiger partial charge >= 0.3 is 0 Å². The highest BCUT2D eigenvalue weighted by atomic mass is 35.5. The molecular weight excluding hydrogens is 374 g/mol. The number of nitrogens with zero attached hydrogens (tertiary/aromatic N) is 1. The fourth-order valence-electron chi connectivity index (χ4n) is 3.23. The van der Waals surface area contributed by atoms with Gasteiger partial charge in [0.05, 0.1) is 18.0 Å². The van der Waals surface area contributed by atoms with E-state index < -0.39 is 0 Å². The van der Waals surface area contributed by atoms with Crippen LogP contribution in [0.25, 0.3) is 0 Å². The van der Waals surface area contributed by atoms with E-state index in [4.69, 9.17) is 21.1 Å². The molecule has 0 aliphatic carbocycles. The molecular formula is C23H20ClNO3. The van der Waals surface area contributed by atoms with Crippen LogP contribution in [0, 0.1) is 0 Å². The summed E-state index contributed by atoms with van der Waals surface area (Å²) in [5.41, 5.74) is 2.73. The largest absolute Gasteiger partial charge is 0.486 e. The Labute approximate surface area is 169 Å². The average Bonchev–Trinajstić information content (AvgIpc) is 2.73. The van der Waals surface area contributed by atoms with Gasteiger partial charge in [0, 0.05) is 5.69 Å². The number of ether oxygens (including phenoxy) is 2. The van der Waals surface area contributed by atoms with Gasteiger partial charge in [-0.25, -0.2) is 0 Å². The number of hydrogen-bond acceptors (Lipinski definition) is 3. The highest BCUT2D eigenvalue weighted by molar-refractivity contribution is 6.32. The van der Waals surface area contributed by atoms with E-state index in [1.165, 1.54) is 0 Å². The lowest BCUT2D eigenvalue weighted by Crippen LogP contribution is -2.31. The van der Waals surface area contributed by atoms with Crippen molar-refractivity contribution in [1.82, 2.24) is 0 Å². The zero-order valence-corrected chi connectivity index (χ0v) is 16.1. The summed E-state index contributed by atoms with van der Waals surface area (Å²) in [7, 11) is 0. The first-order valence-corrected chi connectivity index (χ1v) is 9.56. The van der Waals surface area contributed by atoms with Crippen LogP contribution >= 0.6 is 11.6 Å². The summed E-state index contributed by atoms with van der Waals surface area (Å²) in [4.78, 5) is 15.0. The molecule has 4 nitrogen and oxygen atoms in total. The molecule has 5 heteroatoms. The highest BCUT2D eigenvalue weighted by Crippen LogP contribution is 2.38. The minimum Gasteiger partial charge on any atom is -0.486 e. The first-order valence-electron chi connectivity index (χ1n) is 9.18. The third-order valence-electron chi connectivity index (χ3n) is 4.56. The Kier molecular flexibility index (Phi) is 5.49. The van der Waals surface area contributed by atoms with E-state index in [9.17, 15) is 4.79 Å². The van der Waals surface area contributed by atoms with Gasteiger partial charge in [0.15, 0.2) is 11.5 Å². The standard InChI is InChI=1S/C23H20ClNO3/c24-20-13-18(14-21-23(20)28-12-11-27-21)15-22(26)25(19-9-5-2-6-10-19)16-17-7-3-1-4-8-17/h1-10,13-14H,11-12,15-16H2. The highest BCUT2D eigenvalue weighted by Gasteiger charge is 2.21. The molecule has 1 amide bonds. The maximum absolute atomic E-state index is 13.2. The Morgan fingerprint density at radius 3 is 2.32 bits per heavy atom. The SMILES string of the molecule is O=C(Cc1cc(Cl)c2c(c1)OCCO2)N(Cc1ccccc1)c1ccccc1. The molecule has 0 N–H and O–H groups in total. The number of carbonyl (C=O) groups excluding carboxylic acids is 1. The lowest BCUT2D eigenvalue weighted by atomic mass is 10.1. The second-order valence-corrected chi connectivity index (χ2v) is 6.99. The Bertz CT molecular complexity index is 960. The minimum absolute atomic E-state index is 0.0113. The summed E-state index contributed by atoms with van der Waals surface area (Å²) in [5.74, 6) is 1.13. The number of amides is 1. The topological polar surface area (TPSA) is 38.8 Å². The van der Waals surface area contributed by atoms with Crippen LogP contribution in [-0.2, 0) is 17.8 Å². The molecule has 1 aliphatic heterocycles. The third-order valence-corrected chi connectivity index (χ3v) is 4.85. The van der Waals surface area contributed by atoms with Crippen molar-refractivity contribution in [3.63, 3.8) is 0 Å². The van der Waals surface area contributed by atoms with Crippen molar-refractivity contribution >= 4 is 23.2 Å². The quantitative estimate of drug-likeness (QED) is 0.619. The molecule has 3 aromatic rings. The number of halogens is 1. The van der Waals surface area contributed by atoms with Gasteiger partial charge in [-0.2, -0.15) is 0 Å². The van der Waals surface area contributed by atoms with E-state index in [1.54, 1.807) is 11.0 Å². The summed E-state index contributed by atoms with van der Waals surface area (Å²) in [6.45, 7) is 1.46. The maximum atomic E-state index is 13.2. The second kappa shape index (κ2) is 8.36. The summed E-state index contributed by atoms with van der Waals surface area (Å²) in [5, 5.41) is 0.467. The number of benzene rings is 3. The van der Waals surface area contributed by atoms with Crippen LogP contribution in [-0.4, -0.2) is 19.1 Å². The average molecular weight is 394 g/mol. The zero-order valence-electron chi connectivity index (χ0n) is 15.3. The molecule has 0 fully saturated rings. The summed E-state index contributed by atoms with van der Waals surface area (Å²) >= 11 is 6.33. The molecule has 0 bridgehead atoms. The van der Waals surface area contributed by atoms with Gasteiger partial charge in [0.2, 0.25) is 5.91 Å². The molecule has 0 saturated carbocycles. The van der Waals surface area contributed by atoms with Crippen LogP contribution < -0.4 is 14.4 Å². The Balaban J connectivity index is 1.60. The number of fused-ring (bicyclic) bond motifs is 1. The summed E-state index contributed by atoms with van der Waals surface area (Å²) in [6, 6.07) is 23.3. The van der Waals surface area contributed by atoms with E-state index in [0.29, 0.717) is 36.3 Å². The van der Waals surface area contributed by atoms with Crippen LogP contribution in [0.2, 0.25) is 5.02 Å². The van der Waals surface area contributed by atoms with Crippen LogP contribution in [0.5, 0.6) is 11.5 Å². The molecule has 0 saturated heterocycles. The van der Waals surface area contributed by atoms with Gasteiger partial charge in [0.1, 0.15) is 13.2 Å². The van der Waals surface area contributed by atoms with E-state index in [1.807, 2.05) is 66.7 Å².